The van der Waals surface area contributed by atoms with Gasteiger partial charge in [0.05, 0.1) is 5.75 Å². The third kappa shape index (κ3) is 3.83. The van der Waals surface area contributed by atoms with Crippen LogP contribution in [0.1, 0.15) is 70.1 Å². The van der Waals surface area contributed by atoms with Gasteiger partial charge in [0.15, 0.2) is 0 Å². The highest BCUT2D eigenvalue weighted by Crippen LogP contribution is 2.33. The van der Waals surface area contributed by atoms with Gasteiger partial charge in [0.2, 0.25) is 11.8 Å². The molecule has 1 aliphatic carbocycles. The predicted molar refractivity (Wildman–Crippen MR) is 85.9 cm³/mol. The van der Waals surface area contributed by atoms with Crippen molar-refractivity contribution in [3.05, 3.63) is 5.89 Å². The Morgan fingerprint density at radius 3 is 2.73 bits per heavy atom. The summed E-state index contributed by atoms with van der Waals surface area (Å²) in [4.78, 5) is 14.3. The standard InChI is InChI=1S/C16H25N3O2S/c1-12-7-5-6-10-19(12)14(20)11-22-16-18-17-15(21-16)13-8-3-2-4-9-13/h12-13H,2-11H2,1H3. The second-order valence-corrected chi connectivity index (χ2v) is 7.39. The van der Waals surface area contributed by atoms with Gasteiger partial charge in [-0.1, -0.05) is 31.0 Å². The average Bonchev–Trinajstić information content (AvgIpc) is 3.03. The molecule has 1 saturated carbocycles. The van der Waals surface area contributed by atoms with E-state index in [9.17, 15) is 4.79 Å². The van der Waals surface area contributed by atoms with Crippen LogP contribution < -0.4 is 0 Å². The monoisotopic (exact) mass is 323 g/mol. The number of carbonyl (C=O) groups is 1. The Balaban J connectivity index is 1.51. The number of hydrogen-bond acceptors (Lipinski definition) is 5. The third-order valence-electron chi connectivity index (χ3n) is 4.82. The number of amides is 1. The summed E-state index contributed by atoms with van der Waals surface area (Å²) in [5, 5.41) is 8.83. The number of carbonyl (C=O) groups excluding carboxylic acids is 1. The van der Waals surface area contributed by atoms with Crippen LogP contribution in [0.15, 0.2) is 9.64 Å². The van der Waals surface area contributed by atoms with Crippen molar-refractivity contribution in [3.8, 4) is 0 Å². The molecule has 2 aliphatic rings. The fourth-order valence-electron chi connectivity index (χ4n) is 3.47. The van der Waals surface area contributed by atoms with Crippen LogP contribution in [-0.2, 0) is 4.79 Å². The molecule has 1 atom stereocenters. The van der Waals surface area contributed by atoms with Crippen molar-refractivity contribution in [1.29, 1.82) is 0 Å². The van der Waals surface area contributed by atoms with Gasteiger partial charge in [-0.3, -0.25) is 4.79 Å². The molecule has 2 fully saturated rings. The zero-order valence-corrected chi connectivity index (χ0v) is 14.1. The average molecular weight is 323 g/mol. The molecule has 1 aliphatic heterocycles. The number of hydrogen-bond donors (Lipinski definition) is 0. The van der Waals surface area contributed by atoms with Gasteiger partial charge >= 0.3 is 0 Å². The van der Waals surface area contributed by atoms with E-state index in [0.717, 1.165) is 38.1 Å². The Labute approximate surface area is 136 Å². The Morgan fingerprint density at radius 1 is 1.18 bits per heavy atom. The summed E-state index contributed by atoms with van der Waals surface area (Å²) in [6.45, 7) is 3.02. The van der Waals surface area contributed by atoms with E-state index in [1.165, 1.54) is 37.4 Å². The molecule has 1 amide bonds. The Kier molecular flexibility index (Phi) is 5.39. The van der Waals surface area contributed by atoms with Crippen molar-refractivity contribution < 1.29 is 9.21 Å². The Hall–Kier alpha value is -1.04. The van der Waals surface area contributed by atoms with E-state index in [0.29, 0.717) is 22.9 Å². The smallest absolute Gasteiger partial charge is 0.277 e. The molecule has 1 aromatic heterocycles. The summed E-state index contributed by atoms with van der Waals surface area (Å²) in [5.41, 5.74) is 0. The van der Waals surface area contributed by atoms with Gasteiger partial charge in [-0.15, -0.1) is 10.2 Å². The quantitative estimate of drug-likeness (QED) is 0.792. The van der Waals surface area contributed by atoms with Crippen LogP contribution in [0.25, 0.3) is 0 Å². The van der Waals surface area contributed by atoms with Gasteiger partial charge in [0, 0.05) is 18.5 Å². The molecule has 122 valence electrons. The van der Waals surface area contributed by atoms with Crippen molar-refractivity contribution >= 4 is 17.7 Å². The lowest BCUT2D eigenvalue weighted by molar-refractivity contribution is -0.131. The summed E-state index contributed by atoms with van der Waals surface area (Å²) < 4.78 is 5.76. The van der Waals surface area contributed by atoms with Crippen LogP contribution in [0, 0.1) is 0 Å². The molecule has 0 spiro atoms. The number of nitrogens with zero attached hydrogens (tertiary/aromatic N) is 3. The van der Waals surface area contributed by atoms with Crippen LogP contribution in [0.2, 0.25) is 0 Å². The summed E-state index contributed by atoms with van der Waals surface area (Å²) in [7, 11) is 0. The van der Waals surface area contributed by atoms with E-state index in [2.05, 4.69) is 17.1 Å². The molecule has 3 rings (SSSR count). The normalized spacial score (nSPS) is 23.7. The van der Waals surface area contributed by atoms with Gasteiger partial charge in [-0.2, -0.15) is 0 Å². The van der Waals surface area contributed by atoms with Crippen LogP contribution >= 0.6 is 11.8 Å². The maximum Gasteiger partial charge on any atom is 0.277 e. The topological polar surface area (TPSA) is 59.2 Å². The van der Waals surface area contributed by atoms with E-state index in [-0.39, 0.29) is 5.91 Å². The third-order valence-corrected chi connectivity index (χ3v) is 5.62. The highest BCUT2D eigenvalue weighted by atomic mass is 32.2. The largest absolute Gasteiger partial charge is 0.416 e. The molecular weight excluding hydrogens is 298 g/mol. The molecule has 2 heterocycles. The minimum Gasteiger partial charge on any atom is -0.416 e. The number of thioether (sulfide) groups is 1. The van der Waals surface area contributed by atoms with Crippen LogP contribution in [0.5, 0.6) is 0 Å². The van der Waals surface area contributed by atoms with Gasteiger partial charge in [0.25, 0.3) is 5.22 Å². The van der Waals surface area contributed by atoms with Crippen molar-refractivity contribution in [1.82, 2.24) is 15.1 Å². The lowest BCUT2D eigenvalue weighted by atomic mass is 9.89. The highest BCUT2D eigenvalue weighted by molar-refractivity contribution is 7.99. The first kappa shape index (κ1) is 15.8. The fraction of sp³-hybridized carbons (Fsp3) is 0.812. The molecule has 0 radical (unpaired) electrons. The lowest BCUT2D eigenvalue weighted by Crippen LogP contribution is -2.42. The second-order valence-electron chi connectivity index (χ2n) is 6.46. The maximum absolute atomic E-state index is 12.3. The molecule has 0 bridgehead atoms. The first-order chi connectivity index (χ1) is 10.7. The van der Waals surface area contributed by atoms with Crippen LogP contribution in [0.4, 0.5) is 0 Å². The summed E-state index contributed by atoms with van der Waals surface area (Å²) in [5.74, 6) is 1.78. The molecule has 1 saturated heterocycles. The number of piperidine rings is 1. The number of rotatable bonds is 4. The number of aromatic nitrogens is 2. The minimum absolute atomic E-state index is 0.189. The number of likely N-dealkylation sites (tertiary alicyclic amines) is 1. The van der Waals surface area contributed by atoms with Gasteiger partial charge in [-0.25, -0.2) is 0 Å². The van der Waals surface area contributed by atoms with Crippen molar-refractivity contribution in [2.75, 3.05) is 12.3 Å². The molecule has 0 N–H and O–H groups in total. The first-order valence-corrected chi connectivity index (χ1v) is 9.48. The van der Waals surface area contributed by atoms with Crippen molar-refractivity contribution in [2.24, 2.45) is 0 Å². The van der Waals surface area contributed by atoms with Crippen LogP contribution in [0.3, 0.4) is 0 Å². The van der Waals surface area contributed by atoms with E-state index in [4.69, 9.17) is 4.42 Å². The molecule has 0 aromatic carbocycles. The van der Waals surface area contributed by atoms with Gasteiger partial charge < -0.3 is 9.32 Å². The van der Waals surface area contributed by atoms with Gasteiger partial charge in [-0.05, 0) is 39.0 Å². The fourth-order valence-corrected chi connectivity index (χ4v) is 4.12. The maximum atomic E-state index is 12.3. The Bertz CT molecular complexity index is 499. The molecule has 1 unspecified atom stereocenters. The summed E-state index contributed by atoms with van der Waals surface area (Å²) in [6.07, 6.45) is 9.58. The van der Waals surface area contributed by atoms with Crippen molar-refractivity contribution in [2.45, 2.75) is 75.5 Å². The molecule has 1 aromatic rings. The van der Waals surface area contributed by atoms with E-state index in [1.807, 2.05) is 4.90 Å². The molecule has 5 nitrogen and oxygen atoms in total. The van der Waals surface area contributed by atoms with Crippen molar-refractivity contribution in [3.63, 3.8) is 0 Å². The van der Waals surface area contributed by atoms with Gasteiger partial charge in [0.1, 0.15) is 0 Å². The predicted octanol–water partition coefficient (Wildman–Crippen LogP) is 3.61. The molecule has 6 heteroatoms. The Morgan fingerprint density at radius 2 is 1.95 bits per heavy atom. The minimum atomic E-state index is 0.189. The lowest BCUT2D eigenvalue weighted by Gasteiger charge is -2.33. The first-order valence-electron chi connectivity index (χ1n) is 8.49. The summed E-state index contributed by atoms with van der Waals surface area (Å²) in [6, 6.07) is 0.363. The molecular formula is C16H25N3O2S. The van der Waals surface area contributed by atoms with E-state index < -0.39 is 0 Å². The van der Waals surface area contributed by atoms with Crippen LogP contribution in [-0.4, -0.2) is 39.3 Å². The SMILES string of the molecule is CC1CCCCN1C(=O)CSc1nnc(C2CCCCC2)o1. The zero-order chi connectivity index (χ0) is 15.4. The van der Waals surface area contributed by atoms with E-state index in [1.54, 1.807) is 0 Å². The van der Waals surface area contributed by atoms with E-state index >= 15 is 0 Å². The molecule has 22 heavy (non-hydrogen) atoms. The second kappa shape index (κ2) is 7.49. The zero-order valence-electron chi connectivity index (χ0n) is 13.3. The highest BCUT2D eigenvalue weighted by Gasteiger charge is 2.25. The summed E-state index contributed by atoms with van der Waals surface area (Å²) >= 11 is 1.38.